The Morgan fingerprint density at radius 3 is 2.88 bits per heavy atom. The summed E-state index contributed by atoms with van der Waals surface area (Å²) in [6.45, 7) is 4.33. The van der Waals surface area contributed by atoms with Gasteiger partial charge in [0.25, 0.3) is 0 Å². The van der Waals surface area contributed by atoms with Crippen molar-refractivity contribution in [1.82, 2.24) is 10.2 Å². The van der Waals surface area contributed by atoms with Gasteiger partial charge in [-0.25, -0.2) is 0 Å². The van der Waals surface area contributed by atoms with Crippen LogP contribution in [0.15, 0.2) is 29.3 Å². The van der Waals surface area contributed by atoms with Crippen LogP contribution in [0, 0.1) is 5.41 Å². The predicted molar refractivity (Wildman–Crippen MR) is 96.5 cm³/mol. The molecule has 0 aromatic heterocycles. The van der Waals surface area contributed by atoms with Crippen LogP contribution in [0.1, 0.15) is 31.2 Å². The molecule has 2 aliphatic rings. The standard InChI is InChI=1S/C19H29N3O2/c1-20-18(22-11-9-19(15-22)7-4-8-19)21-10-12-24-14-16-5-3-6-17(13-16)23-2/h3,5-6,13H,4,7-12,14-15H2,1-2H3,(H,20,21). The third kappa shape index (κ3) is 4.01. The first-order valence-electron chi connectivity index (χ1n) is 8.91. The van der Waals surface area contributed by atoms with Crippen molar-refractivity contribution < 1.29 is 9.47 Å². The van der Waals surface area contributed by atoms with Crippen molar-refractivity contribution in [2.24, 2.45) is 10.4 Å². The van der Waals surface area contributed by atoms with Gasteiger partial charge in [-0.1, -0.05) is 18.6 Å². The average Bonchev–Trinajstić information content (AvgIpc) is 3.04. The van der Waals surface area contributed by atoms with Gasteiger partial charge in [-0.2, -0.15) is 0 Å². The topological polar surface area (TPSA) is 46.1 Å². The molecule has 1 aliphatic heterocycles. The lowest BCUT2D eigenvalue weighted by Crippen LogP contribution is -2.43. The molecule has 0 bridgehead atoms. The molecule has 3 rings (SSSR count). The molecule has 1 heterocycles. The first-order chi connectivity index (χ1) is 11.7. The summed E-state index contributed by atoms with van der Waals surface area (Å²) in [7, 11) is 3.55. The minimum absolute atomic E-state index is 0.598. The van der Waals surface area contributed by atoms with Crippen LogP contribution >= 0.6 is 0 Å². The second-order valence-corrected chi connectivity index (χ2v) is 6.90. The zero-order chi connectivity index (χ0) is 16.8. The van der Waals surface area contributed by atoms with Crippen molar-refractivity contribution >= 4 is 5.96 Å². The molecule has 1 aromatic rings. The Bertz CT molecular complexity index is 569. The fourth-order valence-corrected chi connectivity index (χ4v) is 3.72. The molecule has 1 N–H and O–H groups in total. The molecule has 1 saturated heterocycles. The lowest BCUT2D eigenvalue weighted by molar-refractivity contribution is 0.124. The van der Waals surface area contributed by atoms with Gasteiger partial charge in [0.2, 0.25) is 0 Å². The zero-order valence-corrected chi connectivity index (χ0v) is 14.9. The van der Waals surface area contributed by atoms with Gasteiger partial charge in [0.05, 0.1) is 20.3 Å². The largest absolute Gasteiger partial charge is 0.497 e. The molecule has 1 saturated carbocycles. The van der Waals surface area contributed by atoms with E-state index in [-0.39, 0.29) is 0 Å². The molecule has 5 nitrogen and oxygen atoms in total. The van der Waals surface area contributed by atoms with Crippen LogP contribution in [-0.4, -0.2) is 51.3 Å². The van der Waals surface area contributed by atoms with E-state index in [9.17, 15) is 0 Å². The highest BCUT2D eigenvalue weighted by Gasteiger charge is 2.43. The summed E-state index contributed by atoms with van der Waals surface area (Å²) in [6.07, 6.45) is 5.51. The number of hydrogen-bond acceptors (Lipinski definition) is 3. The molecular weight excluding hydrogens is 302 g/mol. The SMILES string of the molecule is CN=C(NCCOCc1cccc(OC)c1)N1CCC2(CCC2)C1. The number of nitrogens with zero attached hydrogens (tertiary/aromatic N) is 2. The highest BCUT2D eigenvalue weighted by Crippen LogP contribution is 2.47. The fourth-order valence-electron chi connectivity index (χ4n) is 3.72. The fraction of sp³-hybridized carbons (Fsp3) is 0.632. The first kappa shape index (κ1) is 17.1. The van der Waals surface area contributed by atoms with Gasteiger partial charge in [0.1, 0.15) is 5.75 Å². The number of rotatable bonds is 6. The molecule has 1 aromatic carbocycles. The van der Waals surface area contributed by atoms with E-state index in [2.05, 4.69) is 21.3 Å². The maximum Gasteiger partial charge on any atom is 0.193 e. The number of ether oxygens (including phenoxy) is 2. The van der Waals surface area contributed by atoms with Gasteiger partial charge < -0.3 is 19.7 Å². The van der Waals surface area contributed by atoms with Crippen molar-refractivity contribution in [1.29, 1.82) is 0 Å². The number of aliphatic imine (C=N–C) groups is 1. The molecule has 0 unspecified atom stereocenters. The van der Waals surface area contributed by atoms with Crippen LogP contribution in [0.2, 0.25) is 0 Å². The maximum atomic E-state index is 5.76. The van der Waals surface area contributed by atoms with Crippen LogP contribution in [0.25, 0.3) is 0 Å². The van der Waals surface area contributed by atoms with Gasteiger partial charge in [-0.15, -0.1) is 0 Å². The minimum Gasteiger partial charge on any atom is -0.497 e. The first-order valence-corrected chi connectivity index (χ1v) is 8.91. The summed E-state index contributed by atoms with van der Waals surface area (Å²) in [5.74, 6) is 1.89. The number of guanidine groups is 1. The monoisotopic (exact) mass is 331 g/mol. The highest BCUT2D eigenvalue weighted by atomic mass is 16.5. The molecule has 0 radical (unpaired) electrons. The number of hydrogen-bond donors (Lipinski definition) is 1. The average molecular weight is 331 g/mol. The van der Waals surface area contributed by atoms with E-state index in [1.54, 1.807) is 7.11 Å². The number of likely N-dealkylation sites (tertiary alicyclic amines) is 1. The Morgan fingerprint density at radius 2 is 2.21 bits per heavy atom. The van der Waals surface area contributed by atoms with Gasteiger partial charge >= 0.3 is 0 Å². The van der Waals surface area contributed by atoms with E-state index in [0.717, 1.165) is 36.9 Å². The summed E-state index contributed by atoms with van der Waals surface area (Å²) in [5, 5.41) is 3.43. The molecular formula is C19H29N3O2. The second kappa shape index (κ2) is 7.88. The number of benzene rings is 1. The Balaban J connectivity index is 1.36. The lowest BCUT2D eigenvalue weighted by Gasteiger charge is -2.38. The molecule has 5 heteroatoms. The quantitative estimate of drug-likeness (QED) is 0.494. The van der Waals surface area contributed by atoms with Crippen molar-refractivity contribution in [2.45, 2.75) is 32.3 Å². The molecule has 24 heavy (non-hydrogen) atoms. The minimum atomic E-state index is 0.598. The maximum absolute atomic E-state index is 5.76. The van der Waals surface area contributed by atoms with Crippen molar-refractivity contribution in [3.63, 3.8) is 0 Å². The smallest absolute Gasteiger partial charge is 0.193 e. The van der Waals surface area contributed by atoms with E-state index in [1.165, 1.54) is 25.7 Å². The molecule has 0 amide bonds. The molecule has 1 aliphatic carbocycles. The van der Waals surface area contributed by atoms with Gasteiger partial charge in [0, 0.05) is 26.7 Å². The van der Waals surface area contributed by atoms with E-state index in [0.29, 0.717) is 18.6 Å². The Hall–Kier alpha value is -1.75. The predicted octanol–water partition coefficient (Wildman–Crippen LogP) is 2.66. The summed E-state index contributed by atoms with van der Waals surface area (Å²) in [4.78, 5) is 6.84. The summed E-state index contributed by atoms with van der Waals surface area (Å²) in [6, 6.07) is 7.99. The van der Waals surface area contributed by atoms with Gasteiger partial charge in [-0.3, -0.25) is 4.99 Å². The van der Waals surface area contributed by atoms with E-state index >= 15 is 0 Å². The van der Waals surface area contributed by atoms with E-state index < -0.39 is 0 Å². The van der Waals surface area contributed by atoms with Crippen LogP contribution in [0.3, 0.4) is 0 Å². The van der Waals surface area contributed by atoms with Gasteiger partial charge in [0.15, 0.2) is 5.96 Å². The van der Waals surface area contributed by atoms with Crippen molar-refractivity contribution in [2.75, 3.05) is 40.4 Å². The summed E-state index contributed by atoms with van der Waals surface area (Å²) >= 11 is 0. The van der Waals surface area contributed by atoms with E-state index in [1.807, 2.05) is 25.2 Å². The summed E-state index contributed by atoms with van der Waals surface area (Å²) in [5.41, 5.74) is 1.73. The van der Waals surface area contributed by atoms with E-state index in [4.69, 9.17) is 9.47 Å². The Labute approximate surface area is 145 Å². The van der Waals surface area contributed by atoms with Crippen LogP contribution in [0.4, 0.5) is 0 Å². The zero-order valence-electron chi connectivity index (χ0n) is 14.9. The van der Waals surface area contributed by atoms with Crippen molar-refractivity contribution in [3.05, 3.63) is 29.8 Å². The normalized spacial score (nSPS) is 19.4. The van der Waals surface area contributed by atoms with Crippen LogP contribution in [-0.2, 0) is 11.3 Å². The molecule has 1 spiro atoms. The van der Waals surface area contributed by atoms with Crippen molar-refractivity contribution in [3.8, 4) is 5.75 Å². The Morgan fingerprint density at radius 1 is 1.33 bits per heavy atom. The lowest BCUT2D eigenvalue weighted by atomic mass is 9.68. The number of nitrogens with one attached hydrogen (secondary N) is 1. The second-order valence-electron chi connectivity index (χ2n) is 6.90. The van der Waals surface area contributed by atoms with Gasteiger partial charge in [-0.05, 0) is 42.4 Å². The highest BCUT2D eigenvalue weighted by molar-refractivity contribution is 5.80. The molecule has 132 valence electrons. The molecule has 2 fully saturated rings. The Kier molecular flexibility index (Phi) is 5.61. The third-order valence-electron chi connectivity index (χ3n) is 5.30. The molecule has 0 atom stereocenters. The van der Waals surface area contributed by atoms with Crippen LogP contribution < -0.4 is 10.1 Å². The van der Waals surface area contributed by atoms with Crippen LogP contribution in [0.5, 0.6) is 5.75 Å². The number of methoxy groups -OCH3 is 1. The third-order valence-corrected chi connectivity index (χ3v) is 5.30. The summed E-state index contributed by atoms with van der Waals surface area (Å²) < 4.78 is 11.0.